The van der Waals surface area contributed by atoms with Gasteiger partial charge in [0.15, 0.2) is 0 Å². The molecule has 3 unspecified atom stereocenters. The largest absolute Gasteiger partial charge is 0.313 e. The van der Waals surface area contributed by atoms with Gasteiger partial charge >= 0.3 is 0 Å². The Bertz CT molecular complexity index is 458. The van der Waals surface area contributed by atoms with Gasteiger partial charge in [0.05, 0.1) is 0 Å². The van der Waals surface area contributed by atoms with E-state index in [4.69, 9.17) is 11.6 Å². The molecule has 1 nitrogen and oxygen atoms in total. The van der Waals surface area contributed by atoms with Gasteiger partial charge in [0.2, 0.25) is 0 Å². The Morgan fingerprint density at radius 3 is 2.76 bits per heavy atom. The van der Waals surface area contributed by atoms with E-state index in [1.165, 1.54) is 24.0 Å². The molecule has 118 valence electrons. The molecule has 1 heterocycles. The summed E-state index contributed by atoms with van der Waals surface area (Å²) >= 11 is 9.95. The quantitative estimate of drug-likeness (QED) is 0.806. The number of halogens is 2. The average molecular weight is 348 g/mol. The van der Waals surface area contributed by atoms with Crippen LogP contribution in [-0.2, 0) is 6.42 Å². The van der Waals surface area contributed by atoms with E-state index in [1.54, 1.807) is 6.07 Å². The summed E-state index contributed by atoms with van der Waals surface area (Å²) in [4.78, 5) is 0. The molecule has 3 atom stereocenters. The van der Waals surface area contributed by atoms with Crippen LogP contribution in [0.15, 0.2) is 18.2 Å². The zero-order valence-corrected chi connectivity index (χ0v) is 15.0. The molecule has 1 aliphatic heterocycles. The zero-order chi connectivity index (χ0) is 15.2. The predicted molar refractivity (Wildman–Crippen MR) is 95.4 cm³/mol. The van der Waals surface area contributed by atoms with Crippen LogP contribution in [0.1, 0.15) is 25.8 Å². The van der Waals surface area contributed by atoms with Crippen LogP contribution in [0.5, 0.6) is 0 Å². The zero-order valence-electron chi connectivity index (χ0n) is 12.6. The van der Waals surface area contributed by atoms with Crippen molar-refractivity contribution in [3.63, 3.8) is 0 Å². The maximum atomic E-state index is 14.1. The molecule has 0 bridgehead atoms. The number of benzene rings is 1. The highest BCUT2D eigenvalue weighted by Gasteiger charge is 2.32. The normalized spacial score (nSPS) is 24.0. The van der Waals surface area contributed by atoms with Gasteiger partial charge in [0.1, 0.15) is 5.82 Å². The lowest BCUT2D eigenvalue weighted by atomic mass is 9.99. The molecule has 1 aromatic carbocycles. The van der Waals surface area contributed by atoms with Gasteiger partial charge in [-0.25, -0.2) is 4.39 Å². The fraction of sp³-hybridized carbons (Fsp3) is 0.625. The average Bonchev–Trinajstić information content (AvgIpc) is 2.49. The van der Waals surface area contributed by atoms with E-state index in [2.05, 4.69) is 30.9 Å². The Morgan fingerprint density at radius 2 is 2.10 bits per heavy atom. The second-order valence-electron chi connectivity index (χ2n) is 5.26. The molecule has 1 saturated heterocycles. The Morgan fingerprint density at radius 1 is 1.33 bits per heavy atom. The van der Waals surface area contributed by atoms with Crippen molar-refractivity contribution in [1.82, 2.24) is 5.32 Å². The molecular formula is C16H23ClFNS2. The molecule has 0 amide bonds. The van der Waals surface area contributed by atoms with Crippen LogP contribution < -0.4 is 5.32 Å². The van der Waals surface area contributed by atoms with Gasteiger partial charge in [-0.3, -0.25) is 0 Å². The predicted octanol–water partition coefficient (Wildman–Crippen LogP) is 4.63. The highest BCUT2D eigenvalue weighted by Crippen LogP contribution is 2.36. The van der Waals surface area contributed by atoms with Gasteiger partial charge in [-0.2, -0.15) is 23.5 Å². The van der Waals surface area contributed by atoms with Crippen molar-refractivity contribution in [2.24, 2.45) is 0 Å². The van der Waals surface area contributed by atoms with E-state index in [0.717, 1.165) is 18.5 Å². The number of likely N-dealkylation sites (N-methyl/N-ethyl adjacent to an activating group) is 1. The number of rotatable bonds is 6. The monoisotopic (exact) mass is 347 g/mol. The van der Waals surface area contributed by atoms with Crippen molar-refractivity contribution in [2.75, 3.05) is 18.1 Å². The standard InChI is InChI=1S/C16H23ClFNS2/c1-3-15-16(21-8-7-20-15)14(19-4-2)9-11-5-6-12(17)10-13(11)18/h5-6,10,14-16,19H,3-4,7-9H2,1-2H3. The summed E-state index contributed by atoms with van der Waals surface area (Å²) in [5.74, 6) is 2.23. The number of nitrogens with one attached hydrogen (secondary N) is 1. The van der Waals surface area contributed by atoms with Crippen molar-refractivity contribution >= 4 is 35.1 Å². The van der Waals surface area contributed by atoms with E-state index in [0.29, 0.717) is 21.6 Å². The summed E-state index contributed by atoms with van der Waals surface area (Å²) in [5.41, 5.74) is 0.761. The highest BCUT2D eigenvalue weighted by molar-refractivity contribution is 8.07. The van der Waals surface area contributed by atoms with Crippen LogP contribution in [-0.4, -0.2) is 34.6 Å². The first-order valence-corrected chi connectivity index (χ1v) is 10.0. The van der Waals surface area contributed by atoms with Crippen LogP contribution in [0, 0.1) is 5.82 Å². The van der Waals surface area contributed by atoms with Crippen LogP contribution in [0.4, 0.5) is 4.39 Å². The molecule has 0 spiro atoms. The van der Waals surface area contributed by atoms with Crippen LogP contribution in [0.2, 0.25) is 5.02 Å². The lowest BCUT2D eigenvalue weighted by molar-refractivity contribution is 0.479. The summed E-state index contributed by atoms with van der Waals surface area (Å²) in [5, 5.41) is 5.24. The Balaban J connectivity index is 2.13. The third-order valence-electron chi connectivity index (χ3n) is 3.81. The summed E-state index contributed by atoms with van der Waals surface area (Å²) in [6.45, 7) is 5.28. The van der Waals surface area contributed by atoms with Gasteiger partial charge in [0.25, 0.3) is 0 Å². The fourth-order valence-corrected chi connectivity index (χ4v) is 6.22. The third-order valence-corrected chi connectivity index (χ3v) is 7.45. The first kappa shape index (κ1) is 17.5. The van der Waals surface area contributed by atoms with Crippen molar-refractivity contribution in [2.45, 2.75) is 43.2 Å². The molecular weight excluding hydrogens is 325 g/mol. The molecule has 0 saturated carbocycles. The van der Waals surface area contributed by atoms with Gasteiger partial charge in [-0.15, -0.1) is 0 Å². The first-order chi connectivity index (χ1) is 10.2. The molecule has 1 N–H and O–H groups in total. The number of hydrogen-bond acceptors (Lipinski definition) is 3. The van der Waals surface area contributed by atoms with E-state index >= 15 is 0 Å². The maximum Gasteiger partial charge on any atom is 0.127 e. The fourth-order valence-electron chi connectivity index (χ4n) is 2.80. The third kappa shape index (κ3) is 4.78. The molecule has 21 heavy (non-hydrogen) atoms. The number of thioether (sulfide) groups is 2. The van der Waals surface area contributed by atoms with Crippen LogP contribution >= 0.6 is 35.1 Å². The van der Waals surface area contributed by atoms with E-state index in [-0.39, 0.29) is 5.82 Å². The van der Waals surface area contributed by atoms with Gasteiger partial charge in [-0.05, 0) is 37.1 Å². The molecule has 5 heteroatoms. The van der Waals surface area contributed by atoms with E-state index in [9.17, 15) is 4.39 Å². The smallest absolute Gasteiger partial charge is 0.127 e. The summed E-state index contributed by atoms with van der Waals surface area (Å²) < 4.78 is 14.1. The molecule has 2 rings (SSSR count). The minimum atomic E-state index is -0.188. The van der Waals surface area contributed by atoms with Gasteiger partial charge in [-0.1, -0.05) is 31.5 Å². The molecule has 1 fully saturated rings. The Labute approximate surface area is 140 Å². The second-order valence-corrected chi connectivity index (χ2v) is 8.33. The molecule has 1 aliphatic rings. The second kappa shape index (κ2) is 8.66. The van der Waals surface area contributed by atoms with E-state index < -0.39 is 0 Å². The summed E-state index contributed by atoms with van der Waals surface area (Å²) in [6.07, 6.45) is 1.90. The lowest BCUT2D eigenvalue weighted by Crippen LogP contribution is -2.46. The highest BCUT2D eigenvalue weighted by atomic mass is 35.5. The molecule has 0 aliphatic carbocycles. The topological polar surface area (TPSA) is 12.0 Å². The molecule has 0 aromatic heterocycles. The van der Waals surface area contributed by atoms with Crippen LogP contribution in [0.25, 0.3) is 0 Å². The van der Waals surface area contributed by atoms with Gasteiger partial charge < -0.3 is 5.32 Å². The Kier molecular flexibility index (Phi) is 7.20. The van der Waals surface area contributed by atoms with Crippen molar-refractivity contribution in [3.8, 4) is 0 Å². The van der Waals surface area contributed by atoms with Crippen LogP contribution in [0.3, 0.4) is 0 Å². The van der Waals surface area contributed by atoms with Crippen molar-refractivity contribution in [1.29, 1.82) is 0 Å². The summed E-state index contributed by atoms with van der Waals surface area (Å²) in [7, 11) is 0. The summed E-state index contributed by atoms with van der Waals surface area (Å²) in [6, 6.07) is 5.33. The maximum absolute atomic E-state index is 14.1. The van der Waals surface area contributed by atoms with E-state index in [1.807, 2.05) is 17.8 Å². The first-order valence-electron chi connectivity index (χ1n) is 7.56. The number of hydrogen-bond donors (Lipinski definition) is 1. The van der Waals surface area contributed by atoms with Crippen molar-refractivity contribution < 1.29 is 4.39 Å². The molecule has 0 radical (unpaired) electrons. The van der Waals surface area contributed by atoms with Crippen molar-refractivity contribution in [3.05, 3.63) is 34.6 Å². The minimum absolute atomic E-state index is 0.188. The SMILES string of the molecule is CCNC(Cc1ccc(Cl)cc1F)C1SCCSC1CC. The minimum Gasteiger partial charge on any atom is -0.313 e. The van der Waals surface area contributed by atoms with Gasteiger partial charge in [0, 0.05) is 33.1 Å². The Hall–Kier alpha value is 0.1000. The molecule has 1 aromatic rings. The lowest BCUT2D eigenvalue weighted by Gasteiger charge is -2.36.